The molecule has 0 N–H and O–H groups in total. The van der Waals surface area contributed by atoms with Gasteiger partial charge in [-0.25, -0.2) is 0 Å². The van der Waals surface area contributed by atoms with Gasteiger partial charge >= 0.3 is 0 Å². The molecule has 0 saturated carbocycles. The lowest BCUT2D eigenvalue weighted by Gasteiger charge is -1.98. The van der Waals surface area contributed by atoms with Gasteiger partial charge in [0.05, 0.1) is 0 Å². The molecule has 0 aromatic heterocycles. The number of hydrogen-bond donors (Lipinski definition) is 0. The van der Waals surface area contributed by atoms with Crippen molar-refractivity contribution in [3.05, 3.63) is 54.1 Å². The number of hydrogen-bond acceptors (Lipinski definition) is 2. The highest BCUT2D eigenvalue weighted by Crippen LogP contribution is 2.07. The molecule has 0 spiro atoms. The van der Waals surface area contributed by atoms with Gasteiger partial charge < -0.3 is 4.74 Å². The predicted octanol–water partition coefficient (Wildman–Crippen LogP) is 3.80. The van der Waals surface area contributed by atoms with Gasteiger partial charge in [0.15, 0.2) is 0 Å². The molecular formula is C17H20O2. The van der Waals surface area contributed by atoms with Gasteiger partial charge in [-0.3, -0.25) is 4.79 Å². The van der Waals surface area contributed by atoms with E-state index in [4.69, 9.17) is 4.74 Å². The summed E-state index contributed by atoms with van der Waals surface area (Å²) < 4.78 is 5.27. The minimum atomic E-state index is 0.473. The summed E-state index contributed by atoms with van der Waals surface area (Å²) in [5, 5.41) is 0. The summed E-state index contributed by atoms with van der Waals surface area (Å²) in [7, 11) is 0. The fraction of sp³-hybridized carbons (Fsp3) is 0.235. The Labute approximate surface area is 115 Å². The fourth-order valence-corrected chi connectivity index (χ4v) is 1.10. The summed E-state index contributed by atoms with van der Waals surface area (Å²) in [6.07, 6.45) is 6.21. The predicted molar refractivity (Wildman–Crippen MR) is 80.0 cm³/mol. The minimum absolute atomic E-state index is 0.473. The Morgan fingerprint density at radius 3 is 2.37 bits per heavy atom. The van der Waals surface area contributed by atoms with E-state index >= 15 is 0 Å². The van der Waals surface area contributed by atoms with Gasteiger partial charge in [0.1, 0.15) is 18.6 Å². The van der Waals surface area contributed by atoms with E-state index in [1.54, 1.807) is 19.1 Å². The van der Waals surface area contributed by atoms with Crippen molar-refractivity contribution in [2.24, 2.45) is 0 Å². The van der Waals surface area contributed by atoms with Gasteiger partial charge in [0.2, 0.25) is 0 Å². The second-order valence-electron chi connectivity index (χ2n) is 3.44. The van der Waals surface area contributed by atoms with Crippen molar-refractivity contribution in [3.8, 4) is 17.6 Å². The number of allylic oxidation sites excluding steroid dienone is 4. The molecule has 19 heavy (non-hydrogen) atoms. The molecule has 1 aromatic rings. The second-order valence-corrected chi connectivity index (χ2v) is 3.44. The summed E-state index contributed by atoms with van der Waals surface area (Å²) in [5.41, 5.74) is 0.729. The van der Waals surface area contributed by atoms with Crippen molar-refractivity contribution in [1.82, 2.24) is 0 Å². The van der Waals surface area contributed by atoms with Crippen molar-refractivity contribution < 1.29 is 9.53 Å². The average Bonchev–Trinajstić information content (AvgIpc) is 2.47. The largest absolute Gasteiger partial charge is 0.481 e. The Morgan fingerprint density at radius 1 is 1.26 bits per heavy atom. The maximum atomic E-state index is 10.0. The van der Waals surface area contributed by atoms with Gasteiger partial charge in [0.25, 0.3) is 0 Å². The molecule has 0 aliphatic rings. The first kappa shape index (κ1) is 16.7. The smallest absolute Gasteiger partial charge is 0.149 e. The van der Waals surface area contributed by atoms with E-state index in [0.717, 1.165) is 17.6 Å². The molecular weight excluding hydrogens is 236 g/mol. The summed E-state index contributed by atoms with van der Waals surface area (Å²) >= 11 is 0. The third kappa shape index (κ3) is 9.43. The first-order valence-electron chi connectivity index (χ1n) is 6.10. The zero-order valence-electron chi connectivity index (χ0n) is 11.7. The van der Waals surface area contributed by atoms with Crippen molar-refractivity contribution >= 4 is 6.29 Å². The van der Waals surface area contributed by atoms with Crippen LogP contribution in [0.4, 0.5) is 0 Å². The highest BCUT2D eigenvalue weighted by Gasteiger charge is 1.85. The lowest BCUT2D eigenvalue weighted by atomic mass is 10.3. The molecule has 0 atom stereocenters. The molecule has 0 unspecified atom stereocenters. The second kappa shape index (κ2) is 12.2. The molecule has 0 fully saturated rings. The van der Waals surface area contributed by atoms with Crippen LogP contribution in [0, 0.1) is 11.8 Å². The lowest BCUT2D eigenvalue weighted by Crippen LogP contribution is -1.92. The molecule has 0 heterocycles. The number of para-hydroxylation sites is 1. The maximum absolute atomic E-state index is 10.0. The third-order valence-electron chi connectivity index (χ3n) is 2.06. The van der Waals surface area contributed by atoms with Crippen LogP contribution >= 0.6 is 0 Å². The minimum Gasteiger partial charge on any atom is -0.481 e. The molecule has 2 nitrogen and oxygen atoms in total. The van der Waals surface area contributed by atoms with Gasteiger partial charge in [-0.1, -0.05) is 42.3 Å². The first-order valence-corrected chi connectivity index (χ1v) is 6.10. The van der Waals surface area contributed by atoms with Crippen LogP contribution in [-0.4, -0.2) is 12.9 Å². The van der Waals surface area contributed by atoms with Crippen LogP contribution in [0.2, 0.25) is 0 Å². The van der Waals surface area contributed by atoms with E-state index in [9.17, 15) is 4.79 Å². The normalized spacial score (nSPS) is 9.95. The van der Waals surface area contributed by atoms with Crippen LogP contribution in [0.3, 0.4) is 0 Å². The van der Waals surface area contributed by atoms with Gasteiger partial charge in [0, 0.05) is 5.57 Å². The summed E-state index contributed by atoms with van der Waals surface area (Å²) in [4.78, 5) is 10.0. The number of carbonyl (C=O) groups is 1. The van der Waals surface area contributed by atoms with Crippen LogP contribution in [-0.2, 0) is 4.79 Å². The molecule has 0 bridgehead atoms. The van der Waals surface area contributed by atoms with Crippen molar-refractivity contribution in [1.29, 1.82) is 0 Å². The number of carbonyl (C=O) groups excluding carboxylic acids is 1. The molecule has 1 aromatic carbocycles. The highest BCUT2D eigenvalue weighted by atomic mass is 16.5. The average molecular weight is 256 g/mol. The van der Waals surface area contributed by atoms with Crippen LogP contribution in [0.1, 0.15) is 20.8 Å². The van der Waals surface area contributed by atoms with Gasteiger partial charge in [-0.2, -0.15) is 0 Å². The Kier molecular flexibility index (Phi) is 10.7. The quantitative estimate of drug-likeness (QED) is 0.354. The van der Waals surface area contributed by atoms with E-state index in [2.05, 4.69) is 11.8 Å². The van der Waals surface area contributed by atoms with Crippen LogP contribution in [0.15, 0.2) is 54.1 Å². The first-order chi connectivity index (χ1) is 9.28. The molecule has 2 heteroatoms. The van der Waals surface area contributed by atoms with E-state index in [0.29, 0.717) is 6.61 Å². The van der Waals surface area contributed by atoms with E-state index in [1.807, 2.05) is 50.3 Å². The molecule has 0 radical (unpaired) electrons. The summed E-state index contributed by atoms with van der Waals surface area (Å²) in [5.74, 6) is 6.46. The van der Waals surface area contributed by atoms with Crippen molar-refractivity contribution in [3.63, 3.8) is 0 Å². The number of ether oxygens (including phenoxy) is 1. The zero-order chi connectivity index (χ0) is 14.3. The lowest BCUT2D eigenvalue weighted by molar-refractivity contribution is -0.104. The van der Waals surface area contributed by atoms with E-state index < -0.39 is 0 Å². The zero-order valence-corrected chi connectivity index (χ0v) is 11.7. The molecule has 1 rings (SSSR count). The van der Waals surface area contributed by atoms with Crippen molar-refractivity contribution in [2.75, 3.05) is 6.61 Å². The monoisotopic (exact) mass is 256 g/mol. The summed E-state index contributed by atoms with van der Waals surface area (Å²) in [6, 6.07) is 9.66. The fourth-order valence-electron chi connectivity index (χ4n) is 1.10. The molecule has 0 amide bonds. The van der Waals surface area contributed by atoms with Crippen LogP contribution in [0.25, 0.3) is 0 Å². The van der Waals surface area contributed by atoms with E-state index in [-0.39, 0.29) is 0 Å². The van der Waals surface area contributed by atoms with Gasteiger partial charge in [-0.05, 0) is 32.9 Å². The van der Waals surface area contributed by atoms with E-state index in [1.165, 1.54) is 0 Å². The standard InChI is InChI=1S/C10H10O.C7H10O/c1-2-3-9-11-10-7-5-4-6-8-10;1-3-5-7(4-2)6-8/h4-8H,9H2,1H3;3-6H,1-2H3/b;5-3-,7-4+. The maximum Gasteiger partial charge on any atom is 0.149 e. The number of aldehydes is 1. The number of benzene rings is 1. The SMILES string of the molecule is C/C=C\C(C=O)=C/C.CC#CCOc1ccccc1. The Balaban J connectivity index is 0.000000362. The van der Waals surface area contributed by atoms with Crippen LogP contribution < -0.4 is 4.74 Å². The molecule has 0 saturated heterocycles. The summed E-state index contributed by atoms with van der Waals surface area (Å²) in [6.45, 7) is 5.99. The third-order valence-corrected chi connectivity index (χ3v) is 2.06. The van der Waals surface area contributed by atoms with Gasteiger partial charge in [-0.15, -0.1) is 5.92 Å². The molecule has 100 valence electrons. The Hall–Kier alpha value is -2.27. The Bertz CT molecular complexity index is 459. The van der Waals surface area contributed by atoms with Crippen molar-refractivity contribution in [2.45, 2.75) is 20.8 Å². The highest BCUT2D eigenvalue weighted by molar-refractivity contribution is 5.77. The number of rotatable bonds is 4. The van der Waals surface area contributed by atoms with Crippen LogP contribution in [0.5, 0.6) is 5.75 Å². The topological polar surface area (TPSA) is 26.3 Å². The molecule has 0 aliphatic heterocycles. The molecule has 0 aliphatic carbocycles. The Morgan fingerprint density at radius 2 is 1.95 bits per heavy atom.